The summed E-state index contributed by atoms with van der Waals surface area (Å²) in [6.45, 7) is 3.87. The van der Waals surface area contributed by atoms with Crippen LogP contribution in [0.5, 0.6) is 0 Å². The molecule has 1 aliphatic rings. The lowest BCUT2D eigenvalue weighted by molar-refractivity contribution is 0.0972. The number of nitrogens with zero attached hydrogens (tertiary/aromatic N) is 1. The van der Waals surface area contributed by atoms with Crippen molar-refractivity contribution in [2.24, 2.45) is 0 Å². The zero-order valence-electron chi connectivity index (χ0n) is 14.0. The zero-order chi connectivity index (χ0) is 17.1. The third-order valence-electron chi connectivity index (χ3n) is 4.17. The summed E-state index contributed by atoms with van der Waals surface area (Å²) in [6, 6.07) is 7.19. The standard InChI is InChI=1S/C18H22N4O2/c1-11(8-15-9-12(2)21-22-15)19-18(24)20-14-7-6-13-4-3-5-17(23)16(13)10-14/h6-7,9-11H,3-5,8H2,1-2H3,(H,21,22)(H2,19,20,24). The summed E-state index contributed by atoms with van der Waals surface area (Å²) in [5, 5.41) is 12.8. The van der Waals surface area contributed by atoms with Gasteiger partial charge < -0.3 is 10.6 Å². The maximum Gasteiger partial charge on any atom is 0.319 e. The van der Waals surface area contributed by atoms with E-state index in [1.807, 2.05) is 32.0 Å². The Kier molecular flexibility index (Phi) is 4.64. The number of Topliss-reactive ketones (excluding diaryl/α,β-unsaturated/α-hetero) is 1. The van der Waals surface area contributed by atoms with Gasteiger partial charge in [0, 0.05) is 35.8 Å². The number of hydrogen-bond acceptors (Lipinski definition) is 3. The van der Waals surface area contributed by atoms with Gasteiger partial charge in [-0.1, -0.05) is 6.07 Å². The van der Waals surface area contributed by atoms with E-state index >= 15 is 0 Å². The number of aromatic nitrogens is 2. The largest absolute Gasteiger partial charge is 0.335 e. The molecular formula is C18H22N4O2. The Morgan fingerprint density at radius 3 is 2.92 bits per heavy atom. The van der Waals surface area contributed by atoms with Gasteiger partial charge in [0.05, 0.1) is 5.69 Å². The molecule has 126 valence electrons. The third kappa shape index (κ3) is 3.82. The lowest BCUT2D eigenvalue weighted by Gasteiger charge is -2.17. The first-order valence-corrected chi connectivity index (χ1v) is 8.26. The molecule has 0 radical (unpaired) electrons. The number of aryl methyl sites for hydroxylation is 2. The van der Waals surface area contributed by atoms with Gasteiger partial charge in [0.25, 0.3) is 0 Å². The molecule has 3 rings (SSSR count). The van der Waals surface area contributed by atoms with Crippen molar-refractivity contribution < 1.29 is 9.59 Å². The Labute approximate surface area is 141 Å². The Morgan fingerprint density at radius 2 is 2.17 bits per heavy atom. The van der Waals surface area contributed by atoms with Crippen molar-refractivity contribution >= 4 is 17.5 Å². The summed E-state index contributed by atoms with van der Waals surface area (Å²) in [6.07, 6.45) is 3.07. The second-order valence-corrected chi connectivity index (χ2v) is 6.39. The molecule has 1 aliphatic carbocycles. The quantitative estimate of drug-likeness (QED) is 0.807. The molecule has 2 aromatic rings. The van der Waals surface area contributed by atoms with Gasteiger partial charge in [-0.15, -0.1) is 0 Å². The zero-order valence-corrected chi connectivity index (χ0v) is 14.0. The Bertz CT molecular complexity index is 766. The smallest absolute Gasteiger partial charge is 0.319 e. The molecule has 0 spiro atoms. The van der Waals surface area contributed by atoms with E-state index in [1.54, 1.807) is 6.07 Å². The first kappa shape index (κ1) is 16.2. The molecule has 0 saturated heterocycles. The lowest BCUT2D eigenvalue weighted by atomic mass is 9.90. The maximum atomic E-state index is 12.1. The number of ketones is 1. The fraction of sp³-hybridized carbons (Fsp3) is 0.389. The minimum absolute atomic E-state index is 0.0491. The van der Waals surface area contributed by atoms with Crippen LogP contribution in [0.1, 0.15) is 47.1 Å². The van der Waals surface area contributed by atoms with Gasteiger partial charge in [-0.3, -0.25) is 9.89 Å². The van der Waals surface area contributed by atoms with Crippen molar-refractivity contribution in [3.05, 3.63) is 46.8 Å². The normalized spacial score (nSPS) is 14.8. The molecule has 0 aliphatic heterocycles. The molecule has 2 amide bonds. The van der Waals surface area contributed by atoms with Crippen molar-refractivity contribution in [1.29, 1.82) is 0 Å². The van der Waals surface area contributed by atoms with Crippen LogP contribution >= 0.6 is 0 Å². The summed E-state index contributed by atoms with van der Waals surface area (Å²) >= 11 is 0. The van der Waals surface area contributed by atoms with Crippen LogP contribution in [-0.4, -0.2) is 28.1 Å². The monoisotopic (exact) mass is 326 g/mol. The molecule has 1 unspecified atom stereocenters. The molecule has 3 N–H and O–H groups in total. The fourth-order valence-electron chi connectivity index (χ4n) is 3.04. The van der Waals surface area contributed by atoms with Crippen molar-refractivity contribution in [2.75, 3.05) is 5.32 Å². The average Bonchev–Trinajstić information content (AvgIpc) is 2.92. The van der Waals surface area contributed by atoms with Gasteiger partial charge in [0.2, 0.25) is 0 Å². The maximum absolute atomic E-state index is 12.1. The topological polar surface area (TPSA) is 86.9 Å². The summed E-state index contributed by atoms with van der Waals surface area (Å²) in [7, 11) is 0. The van der Waals surface area contributed by atoms with Crippen molar-refractivity contribution in [3.8, 4) is 0 Å². The molecule has 0 bridgehead atoms. The predicted molar refractivity (Wildman–Crippen MR) is 92.4 cm³/mol. The average molecular weight is 326 g/mol. The number of fused-ring (bicyclic) bond motifs is 1. The Morgan fingerprint density at radius 1 is 1.33 bits per heavy atom. The van der Waals surface area contributed by atoms with Crippen LogP contribution in [0.15, 0.2) is 24.3 Å². The van der Waals surface area contributed by atoms with E-state index in [4.69, 9.17) is 0 Å². The molecule has 1 aromatic carbocycles. The van der Waals surface area contributed by atoms with Gasteiger partial charge in [0.15, 0.2) is 5.78 Å². The molecule has 1 atom stereocenters. The van der Waals surface area contributed by atoms with Gasteiger partial charge in [-0.25, -0.2) is 4.79 Å². The highest BCUT2D eigenvalue weighted by molar-refractivity contribution is 6.00. The number of H-pyrrole nitrogens is 1. The van der Waals surface area contributed by atoms with E-state index in [9.17, 15) is 9.59 Å². The minimum atomic E-state index is -0.280. The van der Waals surface area contributed by atoms with E-state index < -0.39 is 0 Å². The van der Waals surface area contributed by atoms with Crippen LogP contribution in [0.3, 0.4) is 0 Å². The van der Waals surface area contributed by atoms with Gasteiger partial charge >= 0.3 is 6.03 Å². The molecule has 1 heterocycles. The van der Waals surface area contributed by atoms with Crippen molar-refractivity contribution in [2.45, 2.75) is 45.6 Å². The highest BCUT2D eigenvalue weighted by Gasteiger charge is 2.18. The molecule has 1 aromatic heterocycles. The molecule has 24 heavy (non-hydrogen) atoms. The van der Waals surface area contributed by atoms with Gasteiger partial charge in [-0.05, 0) is 50.5 Å². The number of carbonyl (C=O) groups excluding carboxylic acids is 2. The number of hydrogen-bond donors (Lipinski definition) is 3. The molecular weight excluding hydrogens is 304 g/mol. The summed E-state index contributed by atoms with van der Waals surface area (Å²) in [4.78, 5) is 24.1. The van der Waals surface area contributed by atoms with Crippen molar-refractivity contribution in [1.82, 2.24) is 15.5 Å². The number of urea groups is 1. The number of rotatable bonds is 4. The molecule has 0 fully saturated rings. The van der Waals surface area contributed by atoms with Gasteiger partial charge in [-0.2, -0.15) is 5.10 Å². The van der Waals surface area contributed by atoms with E-state index in [-0.39, 0.29) is 17.9 Å². The minimum Gasteiger partial charge on any atom is -0.335 e. The van der Waals surface area contributed by atoms with Crippen molar-refractivity contribution in [3.63, 3.8) is 0 Å². The van der Waals surface area contributed by atoms with E-state index in [0.29, 0.717) is 18.5 Å². The first-order chi connectivity index (χ1) is 11.5. The summed E-state index contributed by atoms with van der Waals surface area (Å²) < 4.78 is 0. The first-order valence-electron chi connectivity index (χ1n) is 8.26. The third-order valence-corrected chi connectivity index (χ3v) is 4.17. The molecule has 6 heteroatoms. The number of amides is 2. The number of nitrogens with one attached hydrogen (secondary N) is 3. The predicted octanol–water partition coefficient (Wildman–Crippen LogP) is 2.99. The lowest BCUT2D eigenvalue weighted by Crippen LogP contribution is -2.37. The molecule has 6 nitrogen and oxygen atoms in total. The van der Waals surface area contributed by atoms with Crippen LogP contribution in [0.2, 0.25) is 0 Å². The number of aromatic amines is 1. The number of carbonyl (C=O) groups is 2. The Hall–Kier alpha value is -2.63. The SMILES string of the molecule is Cc1cc(CC(C)NC(=O)Nc2ccc3c(c2)C(=O)CCC3)n[nH]1. The van der Waals surface area contributed by atoms with Crippen LogP contribution in [0.25, 0.3) is 0 Å². The van der Waals surface area contributed by atoms with Crippen LogP contribution in [-0.2, 0) is 12.8 Å². The fourth-order valence-corrected chi connectivity index (χ4v) is 3.04. The van der Waals surface area contributed by atoms with Gasteiger partial charge in [0.1, 0.15) is 0 Å². The van der Waals surface area contributed by atoms with Crippen LogP contribution < -0.4 is 10.6 Å². The highest BCUT2D eigenvalue weighted by atomic mass is 16.2. The Balaban J connectivity index is 1.58. The van der Waals surface area contributed by atoms with E-state index in [0.717, 1.165) is 35.4 Å². The second-order valence-electron chi connectivity index (χ2n) is 6.39. The summed E-state index contributed by atoms with van der Waals surface area (Å²) in [5.74, 6) is 0.155. The summed E-state index contributed by atoms with van der Waals surface area (Å²) in [5.41, 5.74) is 4.36. The number of benzene rings is 1. The highest BCUT2D eigenvalue weighted by Crippen LogP contribution is 2.24. The number of anilines is 1. The van der Waals surface area contributed by atoms with Crippen LogP contribution in [0, 0.1) is 6.92 Å². The second kappa shape index (κ2) is 6.86. The van der Waals surface area contributed by atoms with E-state index in [2.05, 4.69) is 20.8 Å². The molecule has 0 saturated carbocycles. The van der Waals surface area contributed by atoms with Crippen LogP contribution in [0.4, 0.5) is 10.5 Å². The van der Waals surface area contributed by atoms with E-state index in [1.165, 1.54) is 0 Å².